The molecule has 1 N–H and O–H groups in total. The lowest BCUT2D eigenvalue weighted by atomic mass is 9.99. The summed E-state index contributed by atoms with van der Waals surface area (Å²) in [5, 5.41) is 11.5. The molecular weight excluding hydrogens is 382 g/mol. The number of aromatic nitrogens is 2. The van der Waals surface area contributed by atoms with E-state index in [1.807, 2.05) is 24.3 Å². The molecule has 2 aliphatic rings. The van der Waals surface area contributed by atoms with E-state index in [0.717, 1.165) is 41.0 Å². The number of hydrogen-bond acceptors (Lipinski definition) is 6. The number of imide groups is 1. The molecule has 8 nitrogen and oxygen atoms in total. The third-order valence-electron chi connectivity index (χ3n) is 5.68. The maximum Gasteiger partial charge on any atom is 0.244 e. The van der Waals surface area contributed by atoms with E-state index < -0.39 is 5.91 Å². The largest absolute Gasteiger partial charge is 0.355 e. The van der Waals surface area contributed by atoms with Gasteiger partial charge in [-0.15, -0.1) is 10.2 Å². The first-order valence-corrected chi connectivity index (χ1v) is 10.3. The second-order valence-electron chi connectivity index (χ2n) is 7.95. The number of benzene rings is 1. The first-order chi connectivity index (χ1) is 14.5. The molecule has 2 aromatic rings. The molecule has 30 heavy (non-hydrogen) atoms. The van der Waals surface area contributed by atoms with Gasteiger partial charge in [0, 0.05) is 37.2 Å². The van der Waals surface area contributed by atoms with E-state index >= 15 is 0 Å². The fraction of sp³-hybridized carbons (Fsp3) is 0.409. The first-order valence-electron chi connectivity index (χ1n) is 10.3. The van der Waals surface area contributed by atoms with Crippen molar-refractivity contribution >= 4 is 29.2 Å². The van der Waals surface area contributed by atoms with Crippen LogP contribution in [0, 0.1) is 5.92 Å². The number of hydrogen-bond donors (Lipinski definition) is 1. The summed E-state index contributed by atoms with van der Waals surface area (Å²) < 4.78 is 0. The fourth-order valence-corrected chi connectivity index (χ4v) is 3.75. The van der Waals surface area contributed by atoms with Crippen LogP contribution in [-0.2, 0) is 14.4 Å². The van der Waals surface area contributed by atoms with Gasteiger partial charge in [0.05, 0.1) is 5.69 Å². The summed E-state index contributed by atoms with van der Waals surface area (Å²) in [5.74, 6) is 0.675. The molecule has 8 heteroatoms. The lowest BCUT2D eigenvalue weighted by Gasteiger charge is -2.30. The van der Waals surface area contributed by atoms with Crippen LogP contribution in [-0.4, -0.2) is 52.5 Å². The topological polar surface area (TPSA) is 95.5 Å². The highest BCUT2D eigenvalue weighted by Gasteiger charge is 2.30. The molecule has 0 saturated carbocycles. The predicted molar refractivity (Wildman–Crippen MR) is 113 cm³/mol. The monoisotopic (exact) mass is 407 g/mol. The highest BCUT2D eigenvalue weighted by Crippen LogP contribution is 2.24. The Bertz CT molecular complexity index is 918. The van der Waals surface area contributed by atoms with Crippen molar-refractivity contribution in [2.45, 2.75) is 32.6 Å². The van der Waals surface area contributed by atoms with Gasteiger partial charge in [-0.1, -0.05) is 19.1 Å². The number of carbonyl (C=O) groups excluding carboxylic acids is 3. The Morgan fingerprint density at radius 3 is 2.27 bits per heavy atom. The number of piperidine rings is 1. The molecule has 0 unspecified atom stereocenters. The zero-order valence-corrected chi connectivity index (χ0v) is 17.0. The number of likely N-dealkylation sites (tertiary alicyclic amines) is 1. The smallest absolute Gasteiger partial charge is 0.244 e. The Kier molecular flexibility index (Phi) is 5.74. The molecule has 4 rings (SSSR count). The summed E-state index contributed by atoms with van der Waals surface area (Å²) >= 11 is 0. The molecule has 2 fully saturated rings. The van der Waals surface area contributed by atoms with Crippen molar-refractivity contribution in [3.63, 3.8) is 0 Å². The summed E-state index contributed by atoms with van der Waals surface area (Å²) in [6, 6.07) is 11.2. The molecule has 156 valence electrons. The minimum atomic E-state index is -0.397. The van der Waals surface area contributed by atoms with E-state index in [0.29, 0.717) is 5.69 Å². The van der Waals surface area contributed by atoms with Gasteiger partial charge in [-0.3, -0.25) is 19.3 Å². The molecule has 0 aliphatic carbocycles. The van der Waals surface area contributed by atoms with Crippen LogP contribution in [0.1, 0.15) is 32.6 Å². The Hall–Kier alpha value is -3.29. The Morgan fingerprint density at radius 2 is 1.67 bits per heavy atom. The van der Waals surface area contributed by atoms with E-state index in [4.69, 9.17) is 0 Å². The van der Waals surface area contributed by atoms with E-state index in [1.165, 1.54) is 12.8 Å². The van der Waals surface area contributed by atoms with Crippen molar-refractivity contribution in [3.8, 4) is 11.3 Å². The van der Waals surface area contributed by atoms with Crippen LogP contribution in [0.2, 0.25) is 0 Å². The van der Waals surface area contributed by atoms with Crippen LogP contribution in [0.4, 0.5) is 11.5 Å². The average Bonchev–Trinajstić information content (AvgIpc) is 3.07. The van der Waals surface area contributed by atoms with Crippen LogP contribution < -0.4 is 10.2 Å². The van der Waals surface area contributed by atoms with Gasteiger partial charge in [0.25, 0.3) is 0 Å². The van der Waals surface area contributed by atoms with Gasteiger partial charge in [0.2, 0.25) is 17.7 Å². The van der Waals surface area contributed by atoms with Crippen LogP contribution in [0.15, 0.2) is 36.4 Å². The van der Waals surface area contributed by atoms with E-state index in [2.05, 4.69) is 27.3 Å². The van der Waals surface area contributed by atoms with Gasteiger partial charge in [0.1, 0.15) is 6.54 Å². The van der Waals surface area contributed by atoms with Crippen LogP contribution in [0.25, 0.3) is 11.3 Å². The van der Waals surface area contributed by atoms with Crippen molar-refractivity contribution in [2.75, 3.05) is 29.9 Å². The van der Waals surface area contributed by atoms with Crippen molar-refractivity contribution in [1.29, 1.82) is 0 Å². The third kappa shape index (κ3) is 4.48. The summed E-state index contributed by atoms with van der Waals surface area (Å²) in [4.78, 5) is 38.7. The van der Waals surface area contributed by atoms with Crippen LogP contribution in [0.5, 0.6) is 0 Å². The summed E-state index contributed by atoms with van der Waals surface area (Å²) in [5.41, 5.74) is 2.24. The van der Waals surface area contributed by atoms with Gasteiger partial charge in [-0.2, -0.15) is 0 Å². The Balaban J connectivity index is 1.35. The minimum absolute atomic E-state index is 0.178. The van der Waals surface area contributed by atoms with Crippen LogP contribution in [0.3, 0.4) is 0 Å². The summed E-state index contributed by atoms with van der Waals surface area (Å²) in [6.45, 7) is 4.06. The lowest BCUT2D eigenvalue weighted by Crippen LogP contribution is -2.36. The quantitative estimate of drug-likeness (QED) is 0.765. The average molecular weight is 407 g/mol. The zero-order chi connectivity index (χ0) is 21.1. The highest BCUT2D eigenvalue weighted by molar-refractivity contribution is 6.06. The molecular formula is C22H25N5O3. The number of anilines is 2. The molecule has 2 saturated heterocycles. The summed E-state index contributed by atoms with van der Waals surface area (Å²) in [6.07, 6.45) is 2.71. The molecule has 3 amide bonds. The SMILES string of the molecule is CC1CCN(c2ccc(-c3ccc(NC(=O)CN4C(=O)CCC4=O)cc3)nn2)CC1. The number of amides is 3. The van der Waals surface area contributed by atoms with Crippen molar-refractivity contribution < 1.29 is 14.4 Å². The van der Waals surface area contributed by atoms with Gasteiger partial charge >= 0.3 is 0 Å². The van der Waals surface area contributed by atoms with Gasteiger partial charge in [-0.05, 0) is 43.0 Å². The Labute approximate surface area is 175 Å². The summed E-state index contributed by atoms with van der Waals surface area (Å²) in [7, 11) is 0. The second-order valence-corrected chi connectivity index (χ2v) is 7.95. The lowest BCUT2D eigenvalue weighted by molar-refractivity contribution is -0.141. The van der Waals surface area contributed by atoms with Crippen molar-refractivity contribution in [1.82, 2.24) is 15.1 Å². The highest BCUT2D eigenvalue weighted by atomic mass is 16.2. The first kappa shape index (κ1) is 20.0. The fourth-order valence-electron chi connectivity index (χ4n) is 3.75. The number of rotatable bonds is 5. The molecule has 0 spiro atoms. The van der Waals surface area contributed by atoms with Crippen molar-refractivity contribution in [2.24, 2.45) is 5.92 Å². The van der Waals surface area contributed by atoms with E-state index in [1.54, 1.807) is 12.1 Å². The van der Waals surface area contributed by atoms with E-state index in [9.17, 15) is 14.4 Å². The maximum atomic E-state index is 12.1. The molecule has 1 aromatic carbocycles. The number of nitrogens with zero attached hydrogens (tertiary/aromatic N) is 4. The normalized spacial score (nSPS) is 17.5. The molecule has 1 aromatic heterocycles. The van der Waals surface area contributed by atoms with Gasteiger partial charge < -0.3 is 10.2 Å². The maximum absolute atomic E-state index is 12.1. The minimum Gasteiger partial charge on any atom is -0.355 e. The van der Waals surface area contributed by atoms with Gasteiger partial charge in [0.15, 0.2) is 5.82 Å². The molecule has 0 bridgehead atoms. The molecule has 0 atom stereocenters. The number of carbonyl (C=O) groups is 3. The Morgan fingerprint density at radius 1 is 1.00 bits per heavy atom. The molecule has 3 heterocycles. The van der Waals surface area contributed by atoms with Crippen LogP contribution >= 0.6 is 0 Å². The van der Waals surface area contributed by atoms with Gasteiger partial charge in [-0.25, -0.2) is 0 Å². The van der Waals surface area contributed by atoms with E-state index in [-0.39, 0.29) is 31.2 Å². The third-order valence-corrected chi connectivity index (χ3v) is 5.68. The predicted octanol–water partition coefficient (Wildman–Crippen LogP) is 2.47. The van der Waals surface area contributed by atoms with Crippen molar-refractivity contribution in [3.05, 3.63) is 36.4 Å². The molecule has 0 radical (unpaired) electrons. The zero-order valence-electron chi connectivity index (χ0n) is 17.0. The standard InChI is InChI=1S/C22H25N5O3/c1-15-10-12-26(13-11-15)19-7-6-18(24-25-19)16-2-4-17(5-3-16)23-20(28)14-27-21(29)8-9-22(27)30/h2-7,15H,8-14H2,1H3,(H,23,28). The number of nitrogens with one attached hydrogen (secondary N) is 1. The molecule has 2 aliphatic heterocycles. The second kappa shape index (κ2) is 8.61.